The van der Waals surface area contributed by atoms with Crippen molar-refractivity contribution in [1.29, 1.82) is 5.26 Å². The van der Waals surface area contributed by atoms with E-state index >= 15 is 4.39 Å². The standard InChI is InChI=1S/C38H36F2N8O3/c1-26-14-32(47-12-10-46(11-13-47)31-6-3-29(4-7-31)37(49)45-36-9-2-27(19-41)20-43-36)17-33(15-26)50-21-28-18-38(51-22-28,23-48-25-42-24-44-48)34-8-5-30(39)16-35(34)40/h2-9,14-17,20,24-25,28H,10-13,18,21-23H2,1H3,(H,43,45,49)/t28-,38+/m1/s1. The number of hydrogen-bond acceptors (Lipinski definition) is 9. The largest absolute Gasteiger partial charge is 0.493 e. The molecule has 2 fully saturated rings. The van der Waals surface area contributed by atoms with E-state index in [1.54, 1.807) is 35.3 Å². The predicted octanol–water partition coefficient (Wildman–Crippen LogP) is 5.72. The van der Waals surface area contributed by atoms with Gasteiger partial charge in [0, 0.05) is 72.9 Å². The zero-order chi connectivity index (χ0) is 35.4. The quantitative estimate of drug-likeness (QED) is 0.196. The van der Waals surface area contributed by atoms with E-state index in [1.165, 1.54) is 24.7 Å². The van der Waals surface area contributed by atoms with Crippen LogP contribution in [-0.4, -0.2) is 65.0 Å². The number of nitrogens with one attached hydrogen (secondary N) is 1. The molecule has 5 aromatic rings. The van der Waals surface area contributed by atoms with Gasteiger partial charge in [0.2, 0.25) is 0 Å². The fraction of sp³-hybridized carbons (Fsp3) is 0.289. The van der Waals surface area contributed by atoms with Crippen LogP contribution in [0.3, 0.4) is 0 Å². The molecule has 4 heterocycles. The SMILES string of the molecule is Cc1cc(OC[C@@H]2CO[C@@](Cn3cncn3)(c3ccc(F)cc3F)C2)cc(N2CCN(c3ccc(C(=O)Nc4ccc(C#N)cn4)cc3)CC2)c1. The van der Waals surface area contributed by atoms with E-state index in [9.17, 15) is 9.18 Å². The number of carbonyl (C=O) groups is 1. The Balaban J connectivity index is 0.948. The molecule has 13 heteroatoms. The van der Waals surface area contributed by atoms with Crippen LogP contribution in [0.1, 0.15) is 33.5 Å². The lowest BCUT2D eigenvalue weighted by atomic mass is 9.87. The minimum absolute atomic E-state index is 0.0319. The number of aryl methyl sites for hydroxylation is 1. The number of amides is 1. The summed E-state index contributed by atoms with van der Waals surface area (Å²) in [5.74, 6) is -0.462. The molecule has 260 valence electrons. The van der Waals surface area contributed by atoms with Gasteiger partial charge < -0.3 is 24.6 Å². The Morgan fingerprint density at radius 1 is 1.02 bits per heavy atom. The summed E-state index contributed by atoms with van der Waals surface area (Å²) in [7, 11) is 0. The third-order valence-electron chi connectivity index (χ3n) is 9.31. The molecule has 11 nitrogen and oxygen atoms in total. The number of halogens is 2. The molecular formula is C38H36F2N8O3. The van der Waals surface area contributed by atoms with Gasteiger partial charge in [-0.1, -0.05) is 6.07 Å². The van der Waals surface area contributed by atoms with Gasteiger partial charge in [-0.2, -0.15) is 10.4 Å². The molecule has 2 aliphatic rings. The summed E-state index contributed by atoms with van der Waals surface area (Å²) in [6.07, 6.45) is 4.86. The van der Waals surface area contributed by atoms with Gasteiger partial charge in [-0.3, -0.25) is 4.79 Å². The van der Waals surface area contributed by atoms with E-state index in [2.05, 4.69) is 42.3 Å². The monoisotopic (exact) mass is 690 g/mol. The highest BCUT2D eigenvalue weighted by Gasteiger charge is 2.44. The summed E-state index contributed by atoms with van der Waals surface area (Å²) < 4.78 is 43.0. The van der Waals surface area contributed by atoms with Crippen molar-refractivity contribution >= 4 is 23.1 Å². The van der Waals surface area contributed by atoms with Gasteiger partial charge in [0.15, 0.2) is 0 Å². The van der Waals surface area contributed by atoms with Crippen LogP contribution >= 0.6 is 0 Å². The number of hydrogen-bond donors (Lipinski definition) is 1. The normalized spacial score (nSPS) is 18.7. The topological polar surface area (TPSA) is 121 Å². The fourth-order valence-electron chi connectivity index (χ4n) is 6.76. The number of rotatable bonds is 10. The summed E-state index contributed by atoms with van der Waals surface area (Å²) in [5.41, 5.74) is 3.39. The number of piperazine rings is 1. The van der Waals surface area contributed by atoms with Crippen molar-refractivity contribution in [2.75, 3.05) is 54.5 Å². The van der Waals surface area contributed by atoms with Crippen molar-refractivity contribution < 1.29 is 23.0 Å². The van der Waals surface area contributed by atoms with Crippen LogP contribution in [0.5, 0.6) is 5.75 Å². The molecule has 7 rings (SSSR count). The molecule has 0 unspecified atom stereocenters. The molecule has 51 heavy (non-hydrogen) atoms. The Kier molecular flexibility index (Phi) is 9.59. The summed E-state index contributed by atoms with van der Waals surface area (Å²) >= 11 is 0. The van der Waals surface area contributed by atoms with Crippen molar-refractivity contribution in [2.24, 2.45) is 5.92 Å². The van der Waals surface area contributed by atoms with Crippen LogP contribution in [0.4, 0.5) is 26.0 Å². The van der Waals surface area contributed by atoms with Gasteiger partial charge in [0.05, 0.1) is 25.3 Å². The second-order valence-corrected chi connectivity index (χ2v) is 12.9. The summed E-state index contributed by atoms with van der Waals surface area (Å²) in [4.78, 5) is 25.5. The van der Waals surface area contributed by atoms with Gasteiger partial charge in [0.1, 0.15) is 47.5 Å². The van der Waals surface area contributed by atoms with Gasteiger partial charge >= 0.3 is 0 Å². The van der Waals surface area contributed by atoms with Crippen molar-refractivity contribution in [3.63, 3.8) is 0 Å². The molecule has 1 N–H and O–H groups in total. The molecular weight excluding hydrogens is 654 g/mol. The molecule has 3 aromatic carbocycles. The van der Waals surface area contributed by atoms with Crippen LogP contribution in [0, 0.1) is 35.8 Å². The molecule has 2 saturated heterocycles. The lowest BCUT2D eigenvalue weighted by molar-refractivity contribution is -0.0206. The number of nitrogens with zero attached hydrogens (tertiary/aromatic N) is 7. The van der Waals surface area contributed by atoms with E-state index in [0.717, 1.165) is 54.9 Å². The van der Waals surface area contributed by atoms with Crippen LogP contribution in [0.2, 0.25) is 0 Å². The van der Waals surface area contributed by atoms with Crippen LogP contribution in [0.25, 0.3) is 0 Å². The maximum Gasteiger partial charge on any atom is 0.256 e. The minimum Gasteiger partial charge on any atom is -0.493 e. The number of anilines is 3. The second kappa shape index (κ2) is 14.5. The number of benzene rings is 3. The van der Waals surface area contributed by atoms with Crippen LogP contribution in [-0.2, 0) is 16.9 Å². The highest BCUT2D eigenvalue weighted by molar-refractivity contribution is 6.03. The second-order valence-electron chi connectivity index (χ2n) is 12.9. The van der Waals surface area contributed by atoms with Crippen molar-refractivity contribution in [3.05, 3.63) is 126 Å². The first-order chi connectivity index (χ1) is 24.8. The van der Waals surface area contributed by atoms with Crippen molar-refractivity contribution in [3.8, 4) is 11.8 Å². The van der Waals surface area contributed by atoms with Gasteiger partial charge in [-0.05, 0) is 73.5 Å². The number of nitriles is 1. The Morgan fingerprint density at radius 3 is 2.49 bits per heavy atom. The van der Waals surface area contributed by atoms with Crippen molar-refractivity contribution in [1.82, 2.24) is 19.7 Å². The first-order valence-electron chi connectivity index (χ1n) is 16.7. The lowest BCUT2D eigenvalue weighted by Gasteiger charge is -2.37. The average molecular weight is 691 g/mol. The molecule has 0 bridgehead atoms. The number of pyridine rings is 1. The molecule has 2 aromatic heterocycles. The van der Waals surface area contributed by atoms with E-state index in [1.807, 2.05) is 31.2 Å². The number of ether oxygens (including phenoxy) is 2. The summed E-state index contributed by atoms with van der Waals surface area (Å²) in [6, 6.07) is 22.5. The molecule has 0 saturated carbocycles. The predicted molar refractivity (Wildman–Crippen MR) is 187 cm³/mol. The molecule has 2 aliphatic heterocycles. The van der Waals surface area contributed by atoms with Gasteiger partial charge in [-0.15, -0.1) is 0 Å². The number of carbonyl (C=O) groups excluding carboxylic acids is 1. The molecule has 0 spiro atoms. The summed E-state index contributed by atoms with van der Waals surface area (Å²) in [5, 5.41) is 15.9. The van der Waals surface area contributed by atoms with Gasteiger partial charge in [0.25, 0.3) is 5.91 Å². The van der Waals surface area contributed by atoms with Crippen LogP contribution < -0.4 is 19.9 Å². The highest BCUT2D eigenvalue weighted by Crippen LogP contribution is 2.42. The van der Waals surface area contributed by atoms with E-state index in [4.69, 9.17) is 14.7 Å². The average Bonchev–Trinajstić information content (AvgIpc) is 3.81. The fourth-order valence-corrected chi connectivity index (χ4v) is 6.76. The first-order valence-corrected chi connectivity index (χ1v) is 16.7. The molecule has 1 amide bonds. The van der Waals surface area contributed by atoms with Crippen LogP contribution in [0.15, 0.2) is 91.6 Å². The Morgan fingerprint density at radius 2 is 1.80 bits per heavy atom. The zero-order valence-corrected chi connectivity index (χ0v) is 28.0. The molecule has 0 radical (unpaired) electrons. The minimum atomic E-state index is -1.03. The first kappa shape index (κ1) is 33.6. The highest BCUT2D eigenvalue weighted by atomic mass is 19.1. The molecule has 2 atom stereocenters. The Hall–Kier alpha value is -5.87. The lowest BCUT2D eigenvalue weighted by Crippen LogP contribution is -2.46. The van der Waals surface area contributed by atoms with E-state index in [0.29, 0.717) is 36.6 Å². The maximum atomic E-state index is 15.0. The van der Waals surface area contributed by atoms with Crippen molar-refractivity contribution in [2.45, 2.75) is 25.5 Å². The maximum absolute atomic E-state index is 15.0. The third kappa shape index (κ3) is 7.66. The molecule has 0 aliphatic carbocycles. The summed E-state index contributed by atoms with van der Waals surface area (Å²) in [6.45, 7) is 6.23. The van der Waals surface area contributed by atoms with E-state index in [-0.39, 0.29) is 23.9 Å². The third-order valence-corrected chi connectivity index (χ3v) is 9.31. The Bertz CT molecular complexity index is 2030. The Labute approximate surface area is 294 Å². The van der Waals surface area contributed by atoms with E-state index < -0.39 is 17.2 Å². The zero-order valence-electron chi connectivity index (χ0n) is 28.0. The smallest absolute Gasteiger partial charge is 0.256 e. The van der Waals surface area contributed by atoms with Gasteiger partial charge in [-0.25, -0.2) is 23.4 Å². The number of aromatic nitrogens is 4.